The van der Waals surface area contributed by atoms with Gasteiger partial charge in [0.15, 0.2) is 0 Å². The van der Waals surface area contributed by atoms with E-state index in [-0.39, 0.29) is 22.7 Å². The molecule has 0 saturated heterocycles. The number of para-hydroxylation sites is 1. The van der Waals surface area contributed by atoms with Crippen LogP contribution in [0.4, 0.5) is 13.2 Å². The molecule has 1 heterocycles. The lowest BCUT2D eigenvalue weighted by Gasteiger charge is -2.12. The molecule has 0 fully saturated rings. The second-order valence-electron chi connectivity index (χ2n) is 7.16. The smallest absolute Gasteiger partial charge is 0.243 e. The van der Waals surface area contributed by atoms with Crippen LogP contribution in [-0.2, 0) is 16.2 Å². The first-order valence-electron chi connectivity index (χ1n) is 9.99. The van der Waals surface area contributed by atoms with E-state index < -0.39 is 21.9 Å². The van der Waals surface area contributed by atoms with E-state index in [2.05, 4.69) is 9.71 Å². The van der Waals surface area contributed by atoms with Crippen LogP contribution in [0, 0.1) is 0 Å². The van der Waals surface area contributed by atoms with E-state index in [9.17, 15) is 21.6 Å². The predicted molar refractivity (Wildman–Crippen MR) is 125 cm³/mol. The van der Waals surface area contributed by atoms with Crippen molar-refractivity contribution in [1.29, 1.82) is 0 Å². The van der Waals surface area contributed by atoms with E-state index in [0.29, 0.717) is 10.3 Å². The second-order valence-corrected chi connectivity index (χ2v) is 10.1. The first kappa shape index (κ1) is 23.3. The molecule has 0 aliphatic heterocycles. The van der Waals surface area contributed by atoms with Gasteiger partial charge in [-0.05, 0) is 35.4 Å². The zero-order valence-electron chi connectivity index (χ0n) is 17.2. The number of pyridine rings is 1. The number of nitrogens with zero attached hydrogens (tertiary/aromatic N) is 1. The average molecular weight is 489 g/mol. The molecule has 1 N–H and O–H groups in total. The summed E-state index contributed by atoms with van der Waals surface area (Å²) >= 11 is 1.15. The van der Waals surface area contributed by atoms with Crippen molar-refractivity contribution in [3.63, 3.8) is 0 Å². The van der Waals surface area contributed by atoms with E-state index in [1.54, 1.807) is 30.3 Å². The van der Waals surface area contributed by atoms with Gasteiger partial charge < -0.3 is 0 Å². The third-order valence-corrected chi connectivity index (χ3v) is 7.43. The summed E-state index contributed by atoms with van der Waals surface area (Å²) in [6.45, 7) is 0.0610. The summed E-state index contributed by atoms with van der Waals surface area (Å²) in [6.07, 6.45) is -4.56. The van der Waals surface area contributed by atoms with Crippen molar-refractivity contribution >= 4 is 32.7 Å². The van der Waals surface area contributed by atoms with Gasteiger partial charge in [0.1, 0.15) is 5.69 Å². The van der Waals surface area contributed by atoms with Gasteiger partial charge in [-0.2, -0.15) is 13.2 Å². The summed E-state index contributed by atoms with van der Waals surface area (Å²) in [6, 6.07) is 23.7. The van der Waals surface area contributed by atoms with Crippen LogP contribution < -0.4 is 4.72 Å². The van der Waals surface area contributed by atoms with Crippen LogP contribution in [-0.4, -0.2) is 25.7 Å². The van der Waals surface area contributed by atoms with E-state index >= 15 is 0 Å². The van der Waals surface area contributed by atoms with Gasteiger partial charge in [-0.1, -0.05) is 60.7 Å². The van der Waals surface area contributed by atoms with Gasteiger partial charge in [-0.25, -0.2) is 18.1 Å². The Bertz CT molecular complexity index is 1360. The van der Waals surface area contributed by atoms with Gasteiger partial charge in [-0.3, -0.25) is 0 Å². The molecule has 4 aromatic rings. The Morgan fingerprint density at radius 1 is 0.848 bits per heavy atom. The topological polar surface area (TPSA) is 59.1 Å². The lowest BCUT2D eigenvalue weighted by molar-refractivity contribution is -0.141. The summed E-state index contributed by atoms with van der Waals surface area (Å²) < 4.78 is 67.3. The van der Waals surface area contributed by atoms with E-state index in [0.717, 1.165) is 29.0 Å². The van der Waals surface area contributed by atoms with E-state index in [1.807, 2.05) is 30.3 Å². The minimum absolute atomic E-state index is 0.0610. The minimum Gasteiger partial charge on any atom is -0.243 e. The van der Waals surface area contributed by atoms with Crippen LogP contribution in [0.1, 0.15) is 5.69 Å². The maximum Gasteiger partial charge on any atom is 0.433 e. The molecule has 0 saturated carbocycles. The monoisotopic (exact) mass is 488 g/mol. The zero-order chi connectivity index (χ0) is 23.5. The lowest BCUT2D eigenvalue weighted by Crippen LogP contribution is -2.26. The van der Waals surface area contributed by atoms with E-state index in [4.69, 9.17) is 0 Å². The minimum atomic E-state index is -4.56. The molecular weight excluding hydrogens is 469 g/mol. The third kappa shape index (κ3) is 5.55. The molecule has 0 aliphatic rings. The second kappa shape index (κ2) is 9.54. The summed E-state index contributed by atoms with van der Waals surface area (Å²) in [4.78, 5) is 4.22. The largest absolute Gasteiger partial charge is 0.433 e. The molecule has 170 valence electrons. The van der Waals surface area contributed by atoms with Crippen molar-refractivity contribution in [3.8, 4) is 11.1 Å². The van der Waals surface area contributed by atoms with E-state index in [1.165, 1.54) is 18.2 Å². The maximum atomic E-state index is 13.2. The molecular formula is C24H19F3N2O2S2. The van der Waals surface area contributed by atoms with Crippen molar-refractivity contribution in [2.24, 2.45) is 0 Å². The molecule has 33 heavy (non-hydrogen) atoms. The number of hydrogen-bond acceptors (Lipinski definition) is 4. The standard InChI is InChI=1S/C24H19F3N2O2S2/c25-24(26,27)23-16-22(20-8-4-5-9-21(20)29-23)32-15-14-28-33(30,31)19-12-10-18(11-13-19)17-6-2-1-3-7-17/h1-13,16,28H,14-15H2. The Hall–Kier alpha value is -2.88. The van der Waals surface area contributed by atoms with Crippen LogP contribution >= 0.6 is 11.8 Å². The summed E-state index contributed by atoms with van der Waals surface area (Å²) in [5, 5.41) is 0.592. The number of alkyl halides is 3. The number of halogens is 3. The van der Waals surface area contributed by atoms with Crippen LogP contribution in [0.5, 0.6) is 0 Å². The highest BCUT2D eigenvalue weighted by atomic mass is 32.2. The Morgan fingerprint density at radius 2 is 1.48 bits per heavy atom. The SMILES string of the molecule is O=S(=O)(NCCSc1cc(C(F)(F)F)nc2ccccc12)c1ccc(-c2ccccc2)cc1. The van der Waals surface area contributed by atoms with Crippen molar-refractivity contribution in [2.75, 3.05) is 12.3 Å². The zero-order valence-corrected chi connectivity index (χ0v) is 18.8. The fourth-order valence-corrected chi connectivity index (χ4v) is 5.39. The number of fused-ring (bicyclic) bond motifs is 1. The highest BCUT2D eigenvalue weighted by molar-refractivity contribution is 7.99. The molecule has 9 heteroatoms. The Morgan fingerprint density at radius 3 is 2.18 bits per heavy atom. The Balaban J connectivity index is 1.43. The van der Waals surface area contributed by atoms with Crippen LogP contribution in [0.2, 0.25) is 0 Å². The van der Waals surface area contributed by atoms with Crippen LogP contribution in [0.25, 0.3) is 22.0 Å². The molecule has 0 aliphatic carbocycles. The molecule has 0 atom stereocenters. The number of rotatable bonds is 7. The van der Waals surface area contributed by atoms with Gasteiger partial charge in [0.25, 0.3) is 0 Å². The van der Waals surface area contributed by atoms with Crippen molar-refractivity contribution < 1.29 is 21.6 Å². The molecule has 4 rings (SSSR count). The van der Waals surface area contributed by atoms with Crippen molar-refractivity contribution in [2.45, 2.75) is 16.0 Å². The van der Waals surface area contributed by atoms with Gasteiger partial charge in [0, 0.05) is 22.6 Å². The fourth-order valence-electron chi connectivity index (χ4n) is 3.29. The Kier molecular flexibility index (Phi) is 6.73. The number of hydrogen-bond donors (Lipinski definition) is 1. The first-order chi connectivity index (χ1) is 15.7. The number of sulfonamides is 1. The number of benzene rings is 3. The number of nitrogens with one attached hydrogen (secondary N) is 1. The first-order valence-corrected chi connectivity index (χ1v) is 12.5. The highest BCUT2D eigenvalue weighted by Gasteiger charge is 2.33. The number of thioether (sulfide) groups is 1. The number of aromatic nitrogens is 1. The summed E-state index contributed by atoms with van der Waals surface area (Å²) in [5.74, 6) is 0.257. The van der Waals surface area contributed by atoms with Crippen molar-refractivity contribution in [1.82, 2.24) is 9.71 Å². The molecule has 4 nitrogen and oxygen atoms in total. The summed E-state index contributed by atoms with van der Waals surface area (Å²) in [5.41, 5.74) is 1.15. The lowest BCUT2D eigenvalue weighted by atomic mass is 10.1. The maximum absolute atomic E-state index is 13.2. The molecule has 0 spiro atoms. The van der Waals surface area contributed by atoms with Gasteiger partial charge in [0.2, 0.25) is 10.0 Å². The molecule has 0 radical (unpaired) electrons. The Labute approximate surface area is 193 Å². The molecule has 3 aromatic carbocycles. The normalized spacial score (nSPS) is 12.2. The van der Waals surface area contributed by atoms with Gasteiger partial charge in [0.05, 0.1) is 10.4 Å². The average Bonchev–Trinajstić information content (AvgIpc) is 2.81. The molecule has 0 amide bonds. The summed E-state index contributed by atoms with van der Waals surface area (Å²) in [7, 11) is -3.74. The highest BCUT2D eigenvalue weighted by Crippen LogP contribution is 2.34. The van der Waals surface area contributed by atoms with Gasteiger partial charge >= 0.3 is 6.18 Å². The third-order valence-electron chi connectivity index (χ3n) is 4.89. The van der Waals surface area contributed by atoms with Gasteiger partial charge in [-0.15, -0.1) is 11.8 Å². The predicted octanol–water partition coefficient (Wildman–Crippen LogP) is 5.99. The quantitative estimate of drug-likeness (QED) is 0.256. The van der Waals surface area contributed by atoms with Crippen molar-refractivity contribution in [3.05, 3.63) is 90.6 Å². The molecule has 0 unspecified atom stereocenters. The molecule has 0 bridgehead atoms. The van der Waals surface area contributed by atoms with Crippen LogP contribution in [0.3, 0.4) is 0 Å². The fraction of sp³-hybridized carbons (Fsp3) is 0.125. The molecule has 1 aromatic heterocycles. The van der Waals surface area contributed by atoms with Crippen LogP contribution in [0.15, 0.2) is 94.7 Å².